The summed E-state index contributed by atoms with van der Waals surface area (Å²) in [5.74, 6) is 0.489. The minimum absolute atomic E-state index is 0.0137. The van der Waals surface area contributed by atoms with Crippen molar-refractivity contribution in [1.82, 2.24) is 4.90 Å². The van der Waals surface area contributed by atoms with Crippen LogP contribution in [0.3, 0.4) is 0 Å². The first-order valence-electron chi connectivity index (χ1n) is 7.11. The lowest BCUT2D eigenvalue weighted by molar-refractivity contribution is -0.120. The number of nitrogen functional groups attached to an aromatic ring is 1. The molecule has 1 amide bonds. The summed E-state index contributed by atoms with van der Waals surface area (Å²) >= 11 is 0. The number of likely N-dealkylation sites (tertiary alicyclic amines) is 1. The summed E-state index contributed by atoms with van der Waals surface area (Å²) < 4.78 is 0. The van der Waals surface area contributed by atoms with Crippen LogP contribution in [0.5, 0.6) is 0 Å². The van der Waals surface area contributed by atoms with E-state index in [1.165, 1.54) is 0 Å². The predicted molar refractivity (Wildman–Crippen MR) is 80.3 cm³/mol. The number of nitrogens with one attached hydrogen (secondary N) is 1. The van der Waals surface area contributed by atoms with Crippen LogP contribution in [0.4, 0.5) is 11.4 Å². The molecule has 5 nitrogen and oxygen atoms in total. The maximum atomic E-state index is 12.2. The molecule has 0 bridgehead atoms. The second-order valence-corrected chi connectivity index (χ2v) is 5.45. The third-order valence-electron chi connectivity index (χ3n) is 3.94. The monoisotopic (exact) mass is 277 g/mol. The van der Waals surface area contributed by atoms with Gasteiger partial charge in [0.15, 0.2) is 0 Å². The largest absolute Gasteiger partial charge is 0.399 e. The molecule has 1 aromatic carbocycles. The van der Waals surface area contributed by atoms with Gasteiger partial charge in [-0.05, 0) is 50.4 Å². The molecule has 1 aliphatic heterocycles. The first kappa shape index (κ1) is 14.8. The van der Waals surface area contributed by atoms with Gasteiger partial charge in [-0.25, -0.2) is 0 Å². The molecule has 1 heterocycles. The molecule has 5 heteroatoms. The summed E-state index contributed by atoms with van der Waals surface area (Å²) in [6.45, 7) is 3.94. The smallest absolute Gasteiger partial charge is 0.241 e. The van der Waals surface area contributed by atoms with Crippen molar-refractivity contribution >= 4 is 17.3 Å². The van der Waals surface area contributed by atoms with Crippen LogP contribution in [0.1, 0.15) is 19.8 Å². The molecule has 1 aromatic rings. The number of benzene rings is 1. The Kier molecular flexibility index (Phi) is 4.98. The number of anilines is 2. The van der Waals surface area contributed by atoms with Gasteiger partial charge in [0.2, 0.25) is 5.91 Å². The van der Waals surface area contributed by atoms with E-state index in [1.807, 2.05) is 19.1 Å². The number of aliphatic hydroxyl groups is 1. The maximum absolute atomic E-state index is 12.2. The van der Waals surface area contributed by atoms with Gasteiger partial charge in [0.25, 0.3) is 0 Å². The fourth-order valence-corrected chi connectivity index (χ4v) is 2.66. The van der Waals surface area contributed by atoms with Crippen LogP contribution < -0.4 is 11.1 Å². The number of rotatable bonds is 5. The molecule has 1 saturated heterocycles. The first-order valence-corrected chi connectivity index (χ1v) is 7.11. The molecule has 1 fully saturated rings. The molecule has 0 aromatic heterocycles. The Labute approximate surface area is 119 Å². The van der Waals surface area contributed by atoms with E-state index in [0.29, 0.717) is 11.6 Å². The molecule has 2 rings (SSSR count). The van der Waals surface area contributed by atoms with E-state index in [0.717, 1.165) is 31.6 Å². The number of carbonyl (C=O) groups is 1. The predicted octanol–water partition coefficient (Wildman–Crippen LogP) is 1.30. The molecule has 20 heavy (non-hydrogen) atoms. The first-order chi connectivity index (χ1) is 9.60. The fourth-order valence-electron chi connectivity index (χ4n) is 2.66. The second kappa shape index (κ2) is 6.72. The molecule has 2 unspecified atom stereocenters. The number of carbonyl (C=O) groups excluding carboxylic acids is 1. The van der Waals surface area contributed by atoms with Gasteiger partial charge in [-0.1, -0.05) is 6.07 Å². The van der Waals surface area contributed by atoms with E-state index < -0.39 is 0 Å². The number of nitrogens with two attached hydrogens (primary N) is 1. The SMILES string of the molecule is CC(C(=O)Nc1cccc(N)c1)N1CCC(CCO)C1. The Morgan fingerprint density at radius 2 is 2.40 bits per heavy atom. The molecule has 110 valence electrons. The van der Waals surface area contributed by atoms with E-state index in [9.17, 15) is 4.79 Å². The fraction of sp³-hybridized carbons (Fsp3) is 0.533. The lowest BCUT2D eigenvalue weighted by Crippen LogP contribution is -2.40. The number of hydrogen-bond acceptors (Lipinski definition) is 4. The molecule has 0 spiro atoms. The van der Waals surface area contributed by atoms with Crippen LogP contribution in [0, 0.1) is 5.92 Å². The normalized spacial score (nSPS) is 20.8. The highest BCUT2D eigenvalue weighted by Crippen LogP contribution is 2.22. The van der Waals surface area contributed by atoms with Gasteiger partial charge in [0.05, 0.1) is 6.04 Å². The van der Waals surface area contributed by atoms with Crippen molar-refractivity contribution < 1.29 is 9.90 Å². The molecule has 0 saturated carbocycles. The highest BCUT2D eigenvalue weighted by Gasteiger charge is 2.29. The summed E-state index contributed by atoms with van der Waals surface area (Å²) in [4.78, 5) is 14.4. The van der Waals surface area contributed by atoms with Gasteiger partial charge in [0, 0.05) is 24.5 Å². The second-order valence-electron chi connectivity index (χ2n) is 5.45. The molecular formula is C15H23N3O2. The quantitative estimate of drug-likeness (QED) is 0.709. The minimum atomic E-state index is -0.167. The maximum Gasteiger partial charge on any atom is 0.241 e. The number of hydrogen-bond donors (Lipinski definition) is 3. The Balaban J connectivity index is 1.89. The molecule has 4 N–H and O–H groups in total. The van der Waals surface area contributed by atoms with Crippen LogP contribution in [-0.4, -0.2) is 41.7 Å². The van der Waals surface area contributed by atoms with E-state index in [4.69, 9.17) is 10.8 Å². The van der Waals surface area contributed by atoms with Gasteiger partial charge >= 0.3 is 0 Å². The summed E-state index contributed by atoms with van der Waals surface area (Å²) in [6.07, 6.45) is 1.87. The third kappa shape index (κ3) is 3.71. The van der Waals surface area contributed by atoms with Crippen molar-refractivity contribution in [2.45, 2.75) is 25.8 Å². The van der Waals surface area contributed by atoms with Crippen LogP contribution >= 0.6 is 0 Å². The zero-order valence-electron chi connectivity index (χ0n) is 11.9. The molecule has 0 radical (unpaired) electrons. The average molecular weight is 277 g/mol. The highest BCUT2D eigenvalue weighted by molar-refractivity contribution is 5.94. The highest BCUT2D eigenvalue weighted by atomic mass is 16.3. The zero-order valence-corrected chi connectivity index (χ0v) is 11.9. The molecule has 0 aliphatic carbocycles. The Bertz CT molecular complexity index is 464. The number of amides is 1. The molecule has 2 atom stereocenters. The van der Waals surface area contributed by atoms with Crippen LogP contribution in [0.2, 0.25) is 0 Å². The van der Waals surface area contributed by atoms with E-state index in [-0.39, 0.29) is 18.6 Å². The van der Waals surface area contributed by atoms with Crippen molar-refractivity contribution in [3.05, 3.63) is 24.3 Å². The van der Waals surface area contributed by atoms with E-state index >= 15 is 0 Å². The van der Waals surface area contributed by atoms with Gasteiger partial charge in [-0.15, -0.1) is 0 Å². The molecule has 1 aliphatic rings. The lowest BCUT2D eigenvalue weighted by Gasteiger charge is -2.23. The topological polar surface area (TPSA) is 78.6 Å². The van der Waals surface area contributed by atoms with Crippen molar-refractivity contribution in [2.24, 2.45) is 5.92 Å². The van der Waals surface area contributed by atoms with Gasteiger partial charge in [-0.2, -0.15) is 0 Å². The average Bonchev–Trinajstić information content (AvgIpc) is 2.87. The lowest BCUT2D eigenvalue weighted by atomic mass is 10.1. The Hall–Kier alpha value is -1.59. The van der Waals surface area contributed by atoms with E-state index in [1.54, 1.807) is 12.1 Å². The van der Waals surface area contributed by atoms with Crippen molar-refractivity contribution in [3.63, 3.8) is 0 Å². The zero-order chi connectivity index (χ0) is 14.5. The summed E-state index contributed by atoms with van der Waals surface area (Å²) in [7, 11) is 0. The van der Waals surface area contributed by atoms with Crippen molar-refractivity contribution in [1.29, 1.82) is 0 Å². The third-order valence-corrected chi connectivity index (χ3v) is 3.94. The number of nitrogens with zero attached hydrogens (tertiary/aromatic N) is 1. The minimum Gasteiger partial charge on any atom is -0.399 e. The van der Waals surface area contributed by atoms with Crippen LogP contribution in [0.15, 0.2) is 24.3 Å². The standard InChI is InChI=1S/C15H23N3O2/c1-11(18-7-5-12(10-18)6-8-19)15(20)17-14-4-2-3-13(16)9-14/h2-4,9,11-12,19H,5-8,10,16H2,1H3,(H,17,20). The summed E-state index contributed by atoms with van der Waals surface area (Å²) in [5, 5.41) is 11.9. The number of aliphatic hydroxyl groups excluding tert-OH is 1. The van der Waals surface area contributed by atoms with E-state index in [2.05, 4.69) is 10.2 Å². The van der Waals surface area contributed by atoms with Gasteiger partial charge in [-0.3, -0.25) is 9.69 Å². The van der Waals surface area contributed by atoms with Crippen molar-refractivity contribution in [3.8, 4) is 0 Å². The van der Waals surface area contributed by atoms with Gasteiger partial charge in [0.1, 0.15) is 0 Å². The molecular weight excluding hydrogens is 254 g/mol. The Morgan fingerprint density at radius 3 is 3.10 bits per heavy atom. The van der Waals surface area contributed by atoms with Gasteiger partial charge < -0.3 is 16.2 Å². The van der Waals surface area contributed by atoms with Crippen molar-refractivity contribution in [2.75, 3.05) is 30.7 Å². The Morgan fingerprint density at radius 1 is 1.60 bits per heavy atom. The summed E-state index contributed by atoms with van der Waals surface area (Å²) in [6, 6.07) is 7.03. The van der Waals surface area contributed by atoms with Crippen LogP contribution in [-0.2, 0) is 4.79 Å². The van der Waals surface area contributed by atoms with Crippen LogP contribution in [0.25, 0.3) is 0 Å². The summed E-state index contributed by atoms with van der Waals surface area (Å²) in [5.41, 5.74) is 7.07.